The van der Waals surface area contributed by atoms with Crippen LogP contribution in [0.2, 0.25) is 10.2 Å². The van der Waals surface area contributed by atoms with Crippen molar-refractivity contribution in [1.29, 1.82) is 0 Å². The van der Waals surface area contributed by atoms with Crippen molar-refractivity contribution in [2.45, 2.75) is 18.9 Å². The van der Waals surface area contributed by atoms with Crippen LogP contribution < -0.4 is 16.2 Å². The lowest BCUT2D eigenvalue weighted by Gasteiger charge is -2.17. The van der Waals surface area contributed by atoms with Gasteiger partial charge in [-0.1, -0.05) is 41.4 Å². The molecule has 3 aromatic rings. The molecule has 0 aliphatic rings. The van der Waals surface area contributed by atoms with Gasteiger partial charge in [0.2, 0.25) is 0 Å². The fraction of sp³-hybridized carbons (Fsp3) is 0.286. The van der Waals surface area contributed by atoms with E-state index >= 15 is 0 Å². The molecule has 31 heavy (non-hydrogen) atoms. The standard InChI is InChI=1S/C21H21Cl2F2N5O/c22-16-5-3-4-15(12-16)7-9-26-10-11-30-18(23)13-28-19(20(30)31)29-14-21(24,25)17-6-1-2-8-27-17/h1-6,8,12-13,26H,7,9-11,14H2,(H,28,29). The zero-order chi connectivity index (χ0) is 22.3. The number of halogens is 4. The van der Waals surface area contributed by atoms with Crippen LogP contribution in [0.3, 0.4) is 0 Å². The van der Waals surface area contributed by atoms with Gasteiger partial charge in [0.25, 0.3) is 5.56 Å². The lowest BCUT2D eigenvalue weighted by Crippen LogP contribution is -2.33. The smallest absolute Gasteiger partial charge is 0.306 e. The molecule has 2 aromatic heterocycles. The molecule has 2 heterocycles. The molecule has 0 atom stereocenters. The zero-order valence-electron chi connectivity index (χ0n) is 16.5. The summed E-state index contributed by atoms with van der Waals surface area (Å²) in [6.07, 6.45) is 3.32. The Morgan fingerprint density at radius 2 is 1.90 bits per heavy atom. The summed E-state index contributed by atoms with van der Waals surface area (Å²) in [5.41, 5.74) is 0.140. The quantitative estimate of drug-likeness (QED) is 0.441. The van der Waals surface area contributed by atoms with Crippen LogP contribution in [0.5, 0.6) is 0 Å². The normalized spacial score (nSPS) is 11.5. The van der Waals surface area contributed by atoms with Crippen molar-refractivity contribution < 1.29 is 8.78 Å². The van der Waals surface area contributed by atoms with E-state index in [0.29, 0.717) is 18.1 Å². The second-order valence-electron chi connectivity index (χ2n) is 6.79. The summed E-state index contributed by atoms with van der Waals surface area (Å²) in [4.78, 5) is 20.2. The molecular formula is C21H21Cl2F2N5O. The number of hydrogen-bond donors (Lipinski definition) is 2. The van der Waals surface area contributed by atoms with Crippen LogP contribution >= 0.6 is 23.2 Å². The van der Waals surface area contributed by atoms with Gasteiger partial charge in [-0.25, -0.2) is 4.98 Å². The highest BCUT2D eigenvalue weighted by molar-refractivity contribution is 6.30. The van der Waals surface area contributed by atoms with E-state index in [0.717, 1.165) is 12.0 Å². The average Bonchev–Trinajstić information content (AvgIpc) is 2.75. The minimum Gasteiger partial charge on any atom is -0.359 e. The van der Waals surface area contributed by atoms with Crippen molar-refractivity contribution in [3.8, 4) is 0 Å². The van der Waals surface area contributed by atoms with Gasteiger partial charge in [0.15, 0.2) is 5.82 Å². The van der Waals surface area contributed by atoms with E-state index in [1.165, 1.54) is 29.1 Å². The molecule has 0 unspecified atom stereocenters. The number of hydrogen-bond acceptors (Lipinski definition) is 5. The van der Waals surface area contributed by atoms with Crippen molar-refractivity contribution in [2.24, 2.45) is 0 Å². The van der Waals surface area contributed by atoms with Gasteiger partial charge >= 0.3 is 5.92 Å². The third-order valence-corrected chi connectivity index (χ3v) is 5.05. The topological polar surface area (TPSA) is 71.8 Å². The molecule has 0 aliphatic heterocycles. The summed E-state index contributed by atoms with van der Waals surface area (Å²) in [5, 5.41) is 6.45. The maximum Gasteiger partial charge on any atom is 0.306 e. The molecule has 164 valence electrons. The van der Waals surface area contributed by atoms with Crippen LogP contribution in [0.15, 0.2) is 59.7 Å². The number of pyridine rings is 1. The molecule has 0 saturated heterocycles. The van der Waals surface area contributed by atoms with Crippen LogP contribution in [0.4, 0.5) is 14.6 Å². The van der Waals surface area contributed by atoms with Gasteiger partial charge in [-0.15, -0.1) is 0 Å². The molecule has 0 aliphatic carbocycles. The number of alkyl halides is 2. The van der Waals surface area contributed by atoms with Crippen molar-refractivity contribution >= 4 is 29.0 Å². The first kappa shape index (κ1) is 23.1. The summed E-state index contributed by atoms with van der Waals surface area (Å²) in [6, 6.07) is 11.8. The van der Waals surface area contributed by atoms with Gasteiger partial charge < -0.3 is 10.6 Å². The van der Waals surface area contributed by atoms with Crippen LogP contribution in [0.1, 0.15) is 11.3 Å². The van der Waals surface area contributed by atoms with E-state index in [1.807, 2.05) is 24.3 Å². The van der Waals surface area contributed by atoms with Crippen molar-refractivity contribution in [1.82, 2.24) is 19.9 Å². The number of nitrogens with zero attached hydrogens (tertiary/aromatic N) is 3. The molecule has 6 nitrogen and oxygen atoms in total. The molecule has 3 rings (SSSR count). The lowest BCUT2D eigenvalue weighted by atomic mass is 10.1. The molecule has 10 heteroatoms. The minimum absolute atomic E-state index is 0.128. The minimum atomic E-state index is -3.26. The Hall–Kier alpha value is -2.55. The third kappa shape index (κ3) is 6.46. The van der Waals surface area contributed by atoms with Gasteiger partial charge in [-0.05, 0) is 42.8 Å². The monoisotopic (exact) mass is 467 g/mol. The van der Waals surface area contributed by atoms with Gasteiger partial charge in [0.05, 0.1) is 12.7 Å². The maximum atomic E-state index is 14.3. The van der Waals surface area contributed by atoms with E-state index in [2.05, 4.69) is 20.6 Å². The SMILES string of the molecule is O=c1c(NCC(F)(F)c2ccccn2)ncc(Cl)n1CCNCCc1cccc(Cl)c1. The molecule has 0 spiro atoms. The Balaban J connectivity index is 1.55. The largest absolute Gasteiger partial charge is 0.359 e. The highest BCUT2D eigenvalue weighted by Gasteiger charge is 2.33. The summed E-state index contributed by atoms with van der Waals surface area (Å²) in [7, 11) is 0. The predicted octanol–water partition coefficient (Wildman–Crippen LogP) is 3.98. The van der Waals surface area contributed by atoms with Gasteiger partial charge in [-0.3, -0.25) is 14.3 Å². The molecule has 1 aromatic carbocycles. The van der Waals surface area contributed by atoms with Crippen molar-refractivity contribution in [3.05, 3.63) is 86.6 Å². The summed E-state index contributed by atoms with van der Waals surface area (Å²) < 4.78 is 29.9. The van der Waals surface area contributed by atoms with E-state index in [4.69, 9.17) is 23.2 Å². The zero-order valence-corrected chi connectivity index (χ0v) is 18.0. The Labute approximate surface area is 188 Å². The first-order chi connectivity index (χ1) is 14.9. The lowest BCUT2D eigenvalue weighted by molar-refractivity contribution is 0.00588. The maximum absolute atomic E-state index is 14.3. The molecule has 0 amide bonds. The first-order valence-corrected chi connectivity index (χ1v) is 10.4. The molecular weight excluding hydrogens is 447 g/mol. The number of rotatable bonds is 10. The van der Waals surface area contributed by atoms with E-state index in [1.54, 1.807) is 6.07 Å². The number of nitrogens with one attached hydrogen (secondary N) is 2. The second kappa shape index (κ2) is 10.7. The highest BCUT2D eigenvalue weighted by atomic mass is 35.5. The fourth-order valence-corrected chi connectivity index (χ4v) is 3.33. The van der Waals surface area contributed by atoms with Crippen LogP contribution in [0, 0.1) is 0 Å². The van der Waals surface area contributed by atoms with Crippen molar-refractivity contribution in [2.75, 3.05) is 25.0 Å². The molecule has 0 radical (unpaired) electrons. The molecule has 0 fully saturated rings. The number of benzene rings is 1. The predicted molar refractivity (Wildman–Crippen MR) is 118 cm³/mol. The van der Waals surface area contributed by atoms with Gasteiger partial charge in [0.1, 0.15) is 10.8 Å². The Kier molecular flexibility index (Phi) is 7.95. The van der Waals surface area contributed by atoms with Crippen LogP contribution in [-0.4, -0.2) is 34.2 Å². The average molecular weight is 468 g/mol. The summed E-state index contributed by atoms with van der Waals surface area (Å²) >= 11 is 12.1. The third-order valence-electron chi connectivity index (χ3n) is 4.51. The van der Waals surface area contributed by atoms with Gasteiger partial charge in [0, 0.05) is 24.3 Å². The molecule has 2 N–H and O–H groups in total. The van der Waals surface area contributed by atoms with E-state index in [-0.39, 0.29) is 23.2 Å². The summed E-state index contributed by atoms with van der Waals surface area (Å²) in [6.45, 7) is 0.597. The van der Waals surface area contributed by atoms with Crippen LogP contribution in [0.25, 0.3) is 0 Å². The molecule has 0 saturated carbocycles. The number of aromatic nitrogens is 3. The van der Waals surface area contributed by atoms with Crippen molar-refractivity contribution in [3.63, 3.8) is 0 Å². The fourth-order valence-electron chi connectivity index (χ4n) is 2.90. The molecule has 0 bridgehead atoms. The van der Waals surface area contributed by atoms with Gasteiger partial charge in [-0.2, -0.15) is 8.78 Å². The highest BCUT2D eigenvalue weighted by Crippen LogP contribution is 2.25. The van der Waals surface area contributed by atoms with Crippen LogP contribution in [-0.2, 0) is 18.9 Å². The van der Waals surface area contributed by atoms with E-state index < -0.39 is 18.0 Å². The Morgan fingerprint density at radius 1 is 1.06 bits per heavy atom. The Morgan fingerprint density at radius 3 is 2.65 bits per heavy atom. The number of anilines is 1. The summed E-state index contributed by atoms with van der Waals surface area (Å²) in [5.74, 6) is -3.46. The Bertz CT molecular complexity index is 1060. The first-order valence-electron chi connectivity index (χ1n) is 9.60. The second-order valence-corrected chi connectivity index (χ2v) is 7.61. The van der Waals surface area contributed by atoms with E-state index in [9.17, 15) is 13.6 Å².